The summed E-state index contributed by atoms with van der Waals surface area (Å²) < 4.78 is 5.38. The van der Waals surface area contributed by atoms with Gasteiger partial charge in [0.2, 0.25) is 0 Å². The Morgan fingerprint density at radius 2 is 2.14 bits per heavy atom. The zero-order chi connectivity index (χ0) is 19.8. The van der Waals surface area contributed by atoms with Crippen LogP contribution in [0, 0.1) is 10.1 Å². The second-order valence-corrected chi connectivity index (χ2v) is 6.83. The fraction of sp³-hybridized carbons (Fsp3) is 0.450. The molecule has 8 heteroatoms. The Morgan fingerprint density at radius 3 is 2.82 bits per heavy atom. The molecule has 0 radical (unpaired) electrons. The SMILES string of the molecule is CCN1CCCC1CNC(=NCc1ccc([N+](=O)[O-])cc1)NCc1ccco1. The fourth-order valence-electron chi connectivity index (χ4n) is 3.41. The molecule has 1 aromatic carbocycles. The van der Waals surface area contributed by atoms with Gasteiger partial charge >= 0.3 is 0 Å². The highest BCUT2D eigenvalue weighted by Gasteiger charge is 2.22. The van der Waals surface area contributed by atoms with Crippen LogP contribution in [0.5, 0.6) is 0 Å². The van der Waals surface area contributed by atoms with Crippen LogP contribution in [0.2, 0.25) is 0 Å². The number of nitrogens with one attached hydrogen (secondary N) is 2. The molecule has 1 saturated heterocycles. The summed E-state index contributed by atoms with van der Waals surface area (Å²) in [5, 5.41) is 17.5. The lowest BCUT2D eigenvalue weighted by atomic mass is 10.2. The minimum atomic E-state index is -0.397. The van der Waals surface area contributed by atoms with Gasteiger partial charge in [0.05, 0.1) is 24.3 Å². The van der Waals surface area contributed by atoms with Crippen LogP contribution in [-0.2, 0) is 13.1 Å². The van der Waals surface area contributed by atoms with Crippen LogP contribution in [0.4, 0.5) is 5.69 Å². The molecule has 2 heterocycles. The van der Waals surface area contributed by atoms with E-state index in [1.807, 2.05) is 12.1 Å². The number of guanidine groups is 1. The van der Waals surface area contributed by atoms with Gasteiger partial charge < -0.3 is 15.1 Å². The van der Waals surface area contributed by atoms with E-state index in [0.29, 0.717) is 25.1 Å². The number of hydrogen-bond acceptors (Lipinski definition) is 5. The summed E-state index contributed by atoms with van der Waals surface area (Å²) in [5.41, 5.74) is 1.00. The van der Waals surface area contributed by atoms with Crippen molar-refractivity contribution in [3.8, 4) is 0 Å². The number of nitro benzene ring substituents is 1. The van der Waals surface area contributed by atoms with Gasteiger partial charge in [0.1, 0.15) is 5.76 Å². The second kappa shape index (κ2) is 9.89. The average molecular weight is 385 g/mol. The van der Waals surface area contributed by atoms with E-state index >= 15 is 0 Å². The Labute approximate surface area is 164 Å². The summed E-state index contributed by atoms with van der Waals surface area (Å²) >= 11 is 0. The van der Waals surface area contributed by atoms with E-state index in [9.17, 15) is 10.1 Å². The molecule has 1 aliphatic rings. The summed E-state index contributed by atoms with van der Waals surface area (Å²) in [5.74, 6) is 1.54. The van der Waals surface area contributed by atoms with Gasteiger partial charge in [-0.05, 0) is 43.6 Å². The van der Waals surface area contributed by atoms with Crippen molar-refractivity contribution < 1.29 is 9.34 Å². The fourth-order valence-corrected chi connectivity index (χ4v) is 3.41. The average Bonchev–Trinajstić information content (AvgIpc) is 3.39. The highest BCUT2D eigenvalue weighted by molar-refractivity contribution is 5.79. The van der Waals surface area contributed by atoms with Crippen LogP contribution in [0.25, 0.3) is 0 Å². The highest BCUT2D eigenvalue weighted by Crippen LogP contribution is 2.16. The van der Waals surface area contributed by atoms with Crippen LogP contribution in [-0.4, -0.2) is 41.5 Å². The molecule has 1 atom stereocenters. The molecule has 150 valence electrons. The summed E-state index contributed by atoms with van der Waals surface area (Å²) in [4.78, 5) is 17.5. The summed E-state index contributed by atoms with van der Waals surface area (Å²) in [6.45, 7) is 6.21. The van der Waals surface area contributed by atoms with E-state index in [-0.39, 0.29) is 5.69 Å². The van der Waals surface area contributed by atoms with E-state index < -0.39 is 4.92 Å². The number of hydrogen-bond donors (Lipinski definition) is 2. The highest BCUT2D eigenvalue weighted by atomic mass is 16.6. The summed E-state index contributed by atoms with van der Waals surface area (Å²) in [6.07, 6.45) is 4.07. The monoisotopic (exact) mass is 385 g/mol. The molecule has 2 aromatic rings. The van der Waals surface area contributed by atoms with E-state index in [4.69, 9.17) is 4.42 Å². The third kappa shape index (κ3) is 5.56. The molecule has 0 amide bonds. The summed E-state index contributed by atoms with van der Waals surface area (Å²) in [7, 11) is 0. The Balaban J connectivity index is 1.61. The first-order valence-electron chi connectivity index (χ1n) is 9.67. The van der Waals surface area contributed by atoms with Crippen LogP contribution in [0.15, 0.2) is 52.1 Å². The van der Waals surface area contributed by atoms with Crippen molar-refractivity contribution in [2.45, 2.75) is 38.9 Å². The molecule has 2 N–H and O–H groups in total. The van der Waals surface area contributed by atoms with E-state index in [1.165, 1.54) is 25.0 Å². The van der Waals surface area contributed by atoms with Gasteiger partial charge in [-0.2, -0.15) is 0 Å². The van der Waals surface area contributed by atoms with Crippen LogP contribution in [0.3, 0.4) is 0 Å². The van der Waals surface area contributed by atoms with Gasteiger partial charge in [0.25, 0.3) is 5.69 Å². The molecule has 1 aromatic heterocycles. The van der Waals surface area contributed by atoms with E-state index in [1.54, 1.807) is 18.4 Å². The molecular formula is C20H27N5O3. The smallest absolute Gasteiger partial charge is 0.269 e. The van der Waals surface area contributed by atoms with E-state index in [0.717, 1.165) is 31.0 Å². The molecule has 0 bridgehead atoms. The van der Waals surface area contributed by atoms with Gasteiger partial charge in [-0.1, -0.05) is 19.1 Å². The molecule has 1 aliphatic heterocycles. The Kier molecular flexibility index (Phi) is 7.02. The van der Waals surface area contributed by atoms with Crippen molar-refractivity contribution in [3.05, 3.63) is 64.1 Å². The quantitative estimate of drug-likeness (QED) is 0.314. The summed E-state index contributed by atoms with van der Waals surface area (Å²) in [6, 6.07) is 10.8. The number of nitrogens with zero attached hydrogens (tertiary/aromatic N) is 3. The first-order chi connectivity index (χ1) is 13.7. The largest absolute Gasteiger partial charge is 0.467 e. The predicted molar refractivity (Wildman–Crippen MR) is 108 cm³/mol. The molecule has 3 rings (SSSR count). The van der Waals surface area contributed by atoms with Gasteiger partial charge in [-0.3, -0.25) is 15.0 Å². The molecule has 0 saturated carbocycles. The lowest BCUT2D eigenvalue weighted by Gasteiger charge is -2.24. The third-order valence-electron chi connectivity index (χ3n) is 4.99. The van der Waals surface area contributed by atoms with Crippen LogP contribution in [0.1, 0.15) is 31.1 Å². The number of benzene rings is 1. The van der Waals surface area contributed by atoms with Gasteiger partial charge in [-0.15, -0.1) is 0 Å². The number of aliphatic imine (C=N–C) groups is 1. The number of likely N-dealkylation sites (tertiary alicyclic amines) is 1. The number of rotatable bonds is 8. The van der Waals surface area contributed by atoms with Crippen molar-refractivity contribution in [3.63, 3.8) is 0 Å². The standard InChI is InChI=1S/C20H27N5O3/c1-2-24-11-3-5-18(24)14-22-20(23-15-19-6-4-12-28-19)21-13-16-7-9-17(10-8-16)25(26)27/h4,6-10,12,18H,2-3,5,11,13-15H2,1H3,(H2,21,22,23). The minimum Gasteiger partial charge on any atom is -0.467 e. The Morgan fingerprint density at radius 1 is 1.32 bits per heavy atom. The van der Waals surface area contributed by atoms with Crippen molar-refractivity contribution in [1.82, 2.24) is 15.5 Å². The van der Waals surface area contributed by atoms with Crippen molar-refractivity contribution in [1.29, 1.82) is 0 Å². The van der Waals surface area contributed by atoms with Crippen molar-refractivity contribution in [2.24, 2.45) is 4.99 Å². The number of non-ortho nitro benzene ring substituents is 1. The zero-order valence-electron chi connectivity index (χ0n) is 16.1. The third-order valence-corrected chi connectivity index (χ3v) is 4.99. The maximum absolute atomic E-state index is 10.8. The van der Waals surface area contributed by atoms with Gasteiger partial charge in [-0.25, -0.2) is 4.99 Å². The molecule has 1 fully saturated rings. The number of nitro groups is 1. The predicted octanol–water partition coefficient (Wildman–Crippen LogP) is 2.91. The van der Waals surface area contributed by atoms with Gasteiger partial charge in [0, 0.05) is 24.7 Å². The number of furan rings is 1. The van der Waals surface area contributed by atoms with Crippen molar-refractivity contribution >= 4 is 11.6 Å². The topological polar surface area (TPSA) is 95.9 Å². The maximum Gasteiger partial charge on any atom is 0.269 e. The van der Waals surface area contributed by atoms with Crippen molar-refractivity contribution in [2.75, 3.05) is 19.6 Å². The van der Waals surface area contributed by atoms with Crippen LogP contribution >= 0.6 is 0 Å². The van der Waals surface area contributed by atoms with E-state index in [2.05, 4.69) is 27.4 Å². The Bertz CT molecular complexity index is 774. The molecular weight excluding hydrogens is 358 g/mol. The first-order valence-corrected chi connectivity index (χ1v) is 9.67. The molecule has 8 nitrogen and oxygen atoms in total. The molecule has 0 aliphatic carbocycles. The molecule has 28 heavy (non-hydrogen) atoms. The maximum atomic E-state index is 10.8. The Hall–Kier alpha value is -2.87. The normalized spacial score (nSPS) is 17.6. The first kappa shape index (κ1) is 19.9. The zero-order valence-corrected chi connectivity index (χ0v) is 16.1. The number of likely N-dealkylation sites (N-methyl/N-ethyl adjacent to an activating group) is 1. The second-order valence-electron chi connectivity index (χ2n) is 6.83. The molecule has 0 spiro atoms. The lowest BCUT2D eigenvalue weighted by molar-refractivity contribution is -0.384. The lowest BCUT2D eigenvalue weighted by Crippen LogP contribution is -2.44. The van der Waals surface area contributed by atoms with Gasteiger partial charge in [0.15, 0.2) is 5.96 Å². The molecule has 1 unspecified atom stereocenters. The minimum absolute atomic E-state index is 0.0860. The van der Waals surface area contributed by atoms with Crippen LogP contribution < -0.4 is 10.6 Å².